The number of carbonyl (C=O) groups excluding carboxylic acids is 1. The minimum absolute atomic E-state index is 0.148. The number of hydrogen-bond acceptors (Lipinski definition) is 5. The Morgan fingerprint density at radius 2 is 2.00 bits per heavy atom. The smallest absolute Gasteiger partial charge is 0.252 e. The topological polar surface area (TPSA) is 74.8 Å². The summed E-state index contributed by atoms with van der Waals surface area (Å²) in [6.07, 6.45) is 8.22. The zero-order chi connectivity index (χ0) is 22.8. The van der Waals surface area contributed by atoms with Gasteiger partial charge in [-0.15, -0.1) is 22.7 Å². The number of carbonyl (C=O) groups is 1. The lowest BCUT2D eigenvalue weighted by Crippen LogP contribution is -2.30. The van der Waals surface area contributed by atoms with Gasteiger partial charge in [-0.2, -0.15) is 0 Å². The Kier molecular flexibility index (Phi) is 6.42. The van der Waals surface area contributed by atoms with E-state index in [-0.39, 0.29) is 11.5 Å². The summed E-state index contributed by atoms with van der Waals surface area (Å²) in [6.45, 7) is 1.90. The molecule has 1 fully saturated rings. The second-order valence-electron chi connectivity index (χ2n) is 8.87. The largest absolute Gasteiger partial charge is 0.326 e. The number of anilines is 1. The molecule has 0 saturated heterocycles. The fourth-order valence-electron chi connectivity index (χ4n) is 5.04. The number of aromatic nitrogens is 2. The monoisotopic (exact) mass is 477 g/mol. The number of nitrogens with zero attached hydrogens (tertiary/aromatic N) is 1. The lowest BCUT2D eigenvalue weighted by atomic mass is 9.79. The van der Waals surface area contributed by atoms with Gasteiger partial charge in [0.1, 0.15) is 0 Å². The molecular formula is C26H27N3O2S2. The van der Waals surface area contributed by atoms with Crippen molar-refractivity contribution < 1.29 is 4.79 Å². The van der Waals surface area contributed by atoms with Gasteiger partial charge in [-0.05, 0) is 42.3 Å². The van der Waals surface area contributed by atoms with Crippen LogP contribution >= 0.6 is 22.7 Å². The van der Waals surface area contributed by atoms with Gasteiger partial charge < -0.3 is 10.3 Å². The Balaban J connectivity index is 1.63. The van der Waals surface area contributed by atoms with E-state index in [1.165, 1.54) is 35.3 Å². The molecule has 0 bridgehead atoms. The average molecular weight is 478 g/mol. The third-order valence-electron chi connectivity index (χ3n) is 6.60. The van der Waals surface area contributed by atoms with Gasteiger partial charge in [0, 0.05) is 38.5 Å². The number of rotatable bonds is 6. The van der Waals surface area contributed by atoms with Crippen LogP contribution in [0, 0.1) is 12.8 Å². The highest BCUT2D eigenvalue weighted by Gasteiger charge is 2.31. The molecule has 1 amide bonds. The zero-order valence-electron chi connectivity index (χ0n) is 18.6. The van der Waals surface area contributed by atoms with Crippen molar-refractivity contribution in [2.24, 2.45) is 5.92 Å². The Hall–Kier alpha value is -2.77. The van der Waals surface area contributed by atoms with Gasteiger partial charge in [0.15, 0.2) is 5.13 Å². The molecule has 2 N–H and O–H groups in total. The van der Waals surface area contributed by atoms with Gasteiger partial charge in [-0.3, -0.25) is 9.59 Å². The number of amides is 1. The SMILES string of the molecule is Cc1cc(-c2csc3ccccc23)c([C@H](CC2CCCCC2)C(=O)Nc2nccs2)c(=O)[nH]1. The molecule has 170 valence electrons. The lowest BCUT2D eigenvalue weighted by Gasteiger charge is -2.27. The van der Waals surface area contributed by atoms with E-state index in [9.17, 15) is 9.59 Å². The van der Waals surface area contributed by atoms with Gasteiger partial charge in [-0.25, -0.2) is 4.98 Å². The number of benzene rings is 1. The highest BCUT2D eigenvalue weighted by Crippen LogP contribution is 2.40. The first kappa shape index (κ1) is 22.0. The molecule has 1 aliphatic rings. The number of aromatic amines is 1. The summed E-state index contributed by atoms with van der Waals surface area (Å²) in [5.41, 5.74) is 3.09. The van der Waals surface area contributed by atoms with Crippen LogP contribution in [-0.2, 0) is 4.79 Å². The molecule has 7 heteroatoms. The molecule has 1 saturated carbocycles. The fraction of sp³-hybridized carbons (Fsp3) is 0.346. The van der Waals surface area contributed by atoms with E-state index >= 15 is 0 Å². The molecule has 1 aliphatic carbocycles. The van der Waals surface area contributed by atoms with Crippen LogP contribution in [0.2, 0.25) is 0 Å². The summed E-state index contributed by atoms with van der Waals surface area (Å²) in [4.78, 5) is 34.3. The van der Waals surface area contributed by atoms with Gasteiger partial charge in [-0.1, -0.05) is 50.3 Å². The molecular weight excluding hydrogens is 450 g/mol. The number of nitrogens with one attached hydrogen (secondary N) is 2. The van der Waals surface area contributed by atoms with E-state index in [0.29, 0.717) is 23.0 Å². The lowest BCUT2D eigenvalue weighted by molar-refractivity contribution is -0.118. The minimum Gasteiger partial charge on any atom is -0.326 e. The second kappa shape index (κ2) is 9.61. The van der Waals surface area contributed by atoms with E-state index in [1.807, 2.05) is 30.5 Å². The molecule has 0 aliphatic heterocycles. The summed E-state index contributed by atoms with van der Waals surface area (Å²) >= 11 is 3.06. The number of fused-ring (bicyclic) bond motifs is 1. The second-order valence-corrected chi connectivity index (χ2v) is 10.7. The van der Waals surface area contributed by atoms with Crippen molar-refractivity contribution in [1.29, 1.82) is 0 Å². The number of thiazole rings is 1. The highest BCUT2D eigenvalue weighted by molar-refractivity contribution is 7.17. The van der Waals surface area contributed by atoms with Crippen LogP contribution in [-0.4, -0.2) is 15.9 Å². The third kappa shape index (κ3) is 4.66. The Labute approximate surface area is 200 Å². The summed E-state index contributed by atoms with van der Waals surface area (Å²) in [5, 5.41) is 8.62. The first-order chi connectivity index (χ1) is 16.1. The number of thiophene rings is 1. The van der Waals surface area contributed by atoms with E-state index in [4.69, 9.17) is 0 Å². The van der Waals surface area contributed by atoms with Gasteiger partial charge >= 0.3 is 0 Å². The standard InChI is InChI=1S/C26H27N3O2S2/c1-16-13-19(21-15-33-22-10-6-5-9-18(21)22)23(25(31)28-16)20(14-17-7-3-2-4-8-17)24(30)29-26-27-11-12-32-26/h5-6,9-13,15,17,20H,2-4,7-8,14H2,1H3,(H,28,31)(H,27,29,30)/t20-/m0/s1. The summed E-state index contributed by atoms with van der Waals surface area (Å²) in [7, 11) is 0. The van der Waals surface area contributed by atoms with Gasteiger partial charge in [0.2, 0.25) is 5.91 Å². The maximum atomic E-state index is 13.6. The number of hydrogen-bond donors (Lipinski definition) is 2. The van der Waals surface area contributed by atoms with E-state index in [2.05, 4.69) is 32.8 Å². The van der Waals surface area contributed by atoms with Crippen molar-refractivity contribution in [3.8, 4) is 11.1 Å². The van der Waals surface area contributed by atoms with Crippen LogP contribution < -0.4 is 10.9 Å². The molecule has 4 aromatic rings. The number of aryl methyl sites for hydroxylation is 1. The van der Waals surface area contributed by atoms with Crippen LogP contribution in [0.1, 0.15) is 55.7 Å². The average Bonchev–Trinajstić information content (AvgIpc) is 3.48. The first-order valence-electron chi connectivity index (χ1n) is 11.5. The molecule has 0 unspecified atom stereocenters. The highest BCUT2D eigenvalue weighted by atomic mass is 32.1. The van der Waals surface area contributed by atoms with Crippen molar-refractivity contribution in [1.82, 2.24) is 9.97 Å². The first-order valence-corrected chi connectivity index (χ1v) is 13.3. The molecule has 0 spiro atoms. The predicted octanol–water partition coefficient (Wildman–Crippen LogP) is 6.71. The van der Waals surface area contributed by atoms with E-state index in [1.54, 1.807) is 17.5 Å². The normalized spacial score (nSPS) is 15.5. The fourth-order valence-corrected chi connectivity index (χ4v) is 6.54. The van der Waals surface area contributed by atoms with Crippen molar-refractivity contribution >= 4 is 43.8 Å². The Morgan fingerprint density at radius 1 is 1.18 bits per heavy atom. The maximum absolute atomic E-state index is 13.6. The molecule has 3 aromatic heterocycles. The predicted molar refractivity (Wildman–Crippen MR) is 137 cm³/mol. The van der Waals surface area contributed by atoms with E-state index in [0.717, 1.165) is 35.0 Å². The van der Waals surface area contributed by atoms with E-state index < -0.39 is 5.92 Å². The van der Waals surface area contributed by atoms with Gasteiger partial charge in [0.05, 0.1) is 5.92 Å². The minimum atomic E-state index is -0.532. The molecule has 33 heavy (non-hydrogen) atoms. The van der Waals surface area contributed by atoms with Crippen LogP contribution in [0.4, 0.5) is 5.13 Å². The molecule has 5 nitrogen and oxygen atoms in total. The Morgan fingerprint density at radius 3 is 2.79 bits per heavy atom. The summed E-state index contributed by atoms with van der Waals surface area (Å²) in [5.74, 6) is -0.237. The van der Waals surface area contributed by atoms with Crippen molar-refractivity contribution in [3.05, 3.63) is 68.9 Å². The third-order valence-corrected chi connectivity index (χ3v) is 8.25. The Bertz CT molecular complexity index is 1320. The number of H-pyrrole nitrogens is 1. The van der Waals surface area contributed by atoms with Gasteiger partial charge in [0.25, 0.3) is 5.56 Å². The molecule has 1 aromatic carbocycles. The van der Waals surface area contributed by atoms with Crippen molar-refractivity contribution in [2.45, 2.75) is 51.4 Å². The van der Waals surface area contributed by atoms with Crippen molar-refractivity contribution in [3.63, 3.8) is 0 Å². The molecule has 1 atom stereocenters. The molecule has 0 radical (unpaired) electrons. The number of pyridine rings is 1. The molecule has 3 heterocycles. The summed E-state index contributed by atoms with van der Waals surface area (Å²) in [6, 6.07) is 10.3. The maximum Gasteiger partial charge on any atom is 0.252 e. The van der Waals surface area contributed by atoms with Crippen LogP contribution in [0.3, 0.4) is 0 Å². The molecule has 5 rings (SSSR count). The van der Waals surface area contributed by atoms with Crippen molar-refractivity contribution in [2.75, 3.05) is 5.32 Å². The van der Waals surface area contributed by atoms with Crippen LogP contribution in [0.25, 0.3) is 21.2 Å². The quantitative estimate of drug-likeness (QED) is 0.324. The zero-order valence-corrected chi connectivity index (χ0v) is 20.2. The van der Waals surface area contributed by atoms with Crippen LogP contribution in [0.15, 0.2) is 52.1 Å². The van der Waals surface area contributed by atoms with Crippen LogP contribution in [0.5, 0.6) is 0 Å². The summed E-state index contributed by atoms with van der Waals surface area (Å²) < 4.78 is 1.17.